The van der Waals surface area contributed by atoms with Gasteiger partial charge >= 0.3 is 0 Å². The third-order valence-electron chi connectivity index (χ3n) is 9.97. The quantitative estimate of drug-likeness (QED) is 0.176. The van der Waals surface area contributed by atoms with E-state index in [1.54, 1.807) is 15.9 Å². The van der Waals surface area contributed by atoms with Gasteiger partial charge in [0.1, 0.15) is 0 Å². The molecule has 0 unspecified atom stereocenters. The van der Waals surface area contributed by atoms with Gasteiger partial charge in [-0.1, -0.05) is 121 Å². The van der Waals surface area contributed by atoms with Crippen molar-refractivity contribution in [2.24, 2.45) is 0 Å². The first-order valence-electron chi connectivity index (χ1n) is 20.8. The maximum absolute atomic E-state index is 9.08. The molecule has 238 valence electrons. The molecule has 0 spiro atoms. The van der Waals surface area contributed by atoms with Gasteiger partial charge in [0.15, 0.2) is 0 Å². The fourth-order valence-corrected chi connectivity index (χ4v) is 8.83. The van der Waals surface area contributed by atoms with Crippen LogP contribution in [0.4, 0.5) is 0 Å². The summed E-state index contributed by atoms with van der Waals surface area (Å²) in [6.07, 6.45) is 0. The van der Waals surface area contributed by atoms with Gasteiger partial charge in [0.25, 0.3) is 0 Å². The molecule has 51 heavy (non-hydrogen) atoms. The smallest absolute Gasteiger partial charge is 0.0645 e. The highest BCUT2D eigenvalue weighted by atomic mass is 32.1. The second-order valence-corrected chi connectivity index (χ2v) is 13.8. The third-order valence-corrected chi connectivity index (χ3v) is 11.1. The number of fused-ring (bicyclic) bond motifs is 9. The van der Waals surface area contributed by atoms with Crippen LogP contribution in [0.2, 0.25) is 0 Å². The third kappa shape index (κ3) is 4.29. The summed E-state index contributed by atoms with van der Waals surface area (Å²) in [6, 6.07) is 42.8. The van der Waals surface area contributed by atoms with Gasteiger partial charge in [-0.15, -0.1) is 11.3 Å². The maximum Gasteiger partial charge on any atom is 0.0645 e. The van der Waals surface area contributed by atoms with E-state index in [4.69, 9.17) is 11.0 Å². The van der Waals surface area contributed by atoms with Crippen molar-refractivity contribution >= 4 is 75.1 Å². The number of aromatic nitrogens is 2. The highest BCUT2D eigenvalue weighted by Crippen LogP contribution is 2.43. The zero-order valence-corrected chi connectivity index (χ0v) is 27.8. The van der Waals surface area contributed by atoms with E-state index < -0.39 is 24.2 Å². The lowest BCUT2D eigenvalue weighted by Crippen LogP contribution is -1.97. The predicted octanol–water partition coefficient (Wildman–Crippen LogP) is 13.6. The summed E-state index contributed by atoms with van der Waals surface area (Å²) >= 11 is 1.74. The minimum Gasteiger partial charge on any atom is -0.309 e. The minimum atomic E-state index is -0.465. The summed E-state index contributed by atoms with van der Waals surface area (Å²) in [5.74, 6) is 0. The molecule has 0 fully saturated rings. The molecule has 3 heterocycles. The van der Waals surface area contributed by atoms with E-state index in [9.17, 15) is 0 Å². The van der Waals surface area contributed by atoms with Gasteiger partial charge in [0, 0.05) is 47.4 Å². The lowest BCUT2D eigenvalue weighted by Gasteiger charge is -2.13. The van der Waals surface area contributed by atoms with Crippen LogP contribution in [-0.2, 0) is 0 Å². The molecule has 0 atom stereocenters. The van der Waals surface area contributed by atoms with Crippen molar-refractivity contribution in [2.45, 2.75) is 0 Å². The Hall–Kier alpha value is -6.42. The first kappa shape index (κ1) is 21.6. The van der Waals surface area contributed by atoms with Gasteiger partial charge in [-0.05, 0) is 82.9 Å². The predicted molar refractivity (Wildman–Crippen MR) is 219 cm³/mol. The highest BCUT2D eigenvalue weighted by Gasteiger charge is 2.19. The lowest BCUT2D eigenvalue weighted by atomic mass is 9.98. The van der Waals surface area contributed by atoms with Gasteiger partial charge in [0.05, 0.1) is 38.7 Å². The van der Waals surface area contributed by atoms with Crippen LogP contribution in [0, 0.1) is 0 Å². The number of nitrogens with zero attached hydrogens (tertiary/aromatic N) is 2. The summed E-state index contributed by atoms with van der Waals surface area (Å²) in [5, 5.41) is 4.32. The molecule has 0 N–H and O–H groups in total. The summed E-state index contributed by atoms with van der Waals surface area (Å²) in [4.78, 5) is 0. The Morgan fingerprint density at radius 1 is 0.392 bits per heavy atom. The SMILES string of the molecule is [2H]c1c([2H])c([2H])c2c(c1[2H])c1c([2H])c([2H])c([2H])c([2H])c1n2-c1ccc2c3ccccc3n(-c3cccc4sc5ccc(-c6cccc(-c7ccccc7)c6)cc5c34)c2c1. The standard InChI is InChI=1S/C48H30N2S/c1-2-12-31(13-3-1)32-14-10-15-33(28-32)34-24-27-46-40(29-34)48-44(22-11-23-47(48)51-46)50-43-21-9-6-18-38(43)39-26-25-35(30-45(39)50)49-41-19-7-4-16-36(41)37-17-5-8-20-42(37)49/h1-30H/i4D,5D,7D,8D,16D,17D,19D,20D. The Labute approximate surface area is 309 Å². The van der Waals surface area contributed by atoms with Crippen molar-refractivity contribution in [2.75, 3.05) is 0 Å². The van der Waals surface area contributed by atoms with Crippen molar-refractivity contribution in [3.8, 4) is 33.6 Å². The van der Waals surface area contributed by atoms with Crippen LogP contribution in [-0.4, -0.2) is 9.13 Å². The van der Waals surface area contributed by atoms with E-state index in [2.05, 4.69) is 102 Å². The van der Waals surface area contributed by atoms with Crippen LogP contribution < -0.4 is 0 Å². The number of thiophene rings is 1. The molecule has 0 bridgehead atoms. The van der Waals surface area contributed by atoms with E-state index in [1.165, 1.54) is 0 Å². The average Bonchev–Trinajstić information content (AvgIpc) is 3.94. The summed E-state index contributed by atoms with van der Waals surface area (Å²) in [7, 11) is 0. The second-order valence-electron chi connectivity index (χ2n) is 12.7. The Bertz CT molecular complexity index is 3530. The van der Waals surface area contributed by atoms with Gasteiger partial charge in [-0.2, -0.15) is 0 Å². The molecule has 0 saturated heterocycles. The van der Waals surface area contributed by atoms with E-state index in [-0.39, 0.29) is 46.0 Å². The van der Waals surface area contributed by atoms with Gasteiger partial charge in [-0.25, -0.2) is 0 Å². The number of rotatable bonds is 4. The molecular weight excluding hydrogens is 637 g/mol. The largest absolute Gasteiger partial charge is 0.309 e. The molecule has 0 saturated carbocycles. The average molecular weight is 675 g/mol. The molecule has 11 aromatic rings. The molecule has 0 aliphatic rings. The van der Waals surface area contributed by atoms with Crippen molar-refractivity contribution in [1.29, 1.82) is 0 Å². The molecule has 3 heteroatoms. The molecule has 3 aromatic heterocycles. The topological polar surface area (TPSA) is 9.86 Å². The molecule has 2 nitrogen and oxygen atoms in total. The van der Waals surface area contributed by atoms with E-state index in [0.717, 1.165) is 69.9 Å². The highest BCUT2D eigenvalue weighted by molar-refractivity contribution is 7.25. The van der Waals surface area contributed by atoms with Crippen LogP contribution in [0.3, 0.4) is 0 Å². The maximum atomic E-state index is 9.08. The first-order chi connectivity index (χ1) is 28.6. The Balaban J connectivity index is 1.21. The number of hydrogen-bond donors (Lipinski definition) is 0. The molecule has 0 aliphatic heterocycles. The van der Waals surface area contributed by atoms with Crippen molar-refractivity contribution < 1.29 is 11.0 Å². The van der Waals surface area contributed by atoms with Crippen LogP contribution in [0.25, 0.3) is 97.4 Å². The minimum absolute atomic E-state index is 0.0539. The van der Waals surface area contributed by atoms with Crippen LogP contribution in [0.1, 0.15) is 11.0 Å². The number of benzene rings is 8. The van der Waals surface area contributed by atoms with Crippen LogP contribution in [0.15, 0.2) is 182 Å². The zero-order valence-electron chi connectivity index (χ0n) is 35.0. The van der Waals surface area contributed by atoms with E-state index in [1.807, 2.05) is 36.4 Å². The molecular formula is C48H30N2S. The monoisotopic (exact) mass is 674 g/mol. The summed E-state index contributed by atoms with van der Waals surface area (Å²) < 4.78 is 76.3. The molecule has 8 aromatic carbocycles. The molecule has 0 radical (unpaired) electrons. The zero-order chi connectivity index (χ0) is 40.4. The fourth-order valence-electron chi connectivity index (χ4n) is 7.72. The Morgan fingerprint density at radius 3 is 1.88 bits per heavy atom. The number of para-hydroxylation sites is 3. The molecule has 0 amide bonds. The fraction of sp³-hybridized carbons (Fsp3) is 0. The van der Waals surface area contributed by atoms with Crippen LogP contribution in [0.5, 0.6) is 0 Å². The second kappa shape index (κ2) is 11.0. The van der Waals surface area contributed by atoms with E-state index >= 15 is 0 Å². The van der Waals surface area contributed by atoms with Gasteiger partial charge in [0.2, 0.25) is 0 Å². The van der Waals surface area contributed by atoms with E-state index in [0.29, 0.717) is 5.69 Å². The van der Waals surface area contributed by atoms with Crippen molar-refractivity contribution in [1.82, 2.24) is 9.13 Å². The summed E-state index contributed by atoms with van der Waals surface area (Å²) in [5.41, 5.74) is 8.00. The normalized spacial score (nSPS) is 14.1. The molecule has 11 rings (SSSR count). The van der Waals surface area contributed by atoms with Gasteiger partial charge in [-0.3, -0.25) is 0 Å². The lowest BCUT2D eigenvalue weighted by molar-refractivity contribution is 1.16. The van der Waals surface area contributed by atoms with Crippen molar-refractivity contribution in [3.05, 3.63) is 182 Å². The summed E-state index contributed by atoms with van der Waals surface area (Å²) in [6.45, 7) is 0. The first-order valence-corrected chi connectivity index (χ1v) is 17.6. The molecule has 0 aliphatic carbocycles. The Morgan fingerprint density at radius 2 is 1.06 bits per heavy atom. The van der Waals surface area contributed by atoms with Crippen molar-refractivity contribution in [3.63, 3.8) is 0 Å². The van der Waals surface area contributed by atoms with Crippen LogP contribution >= 0.6 is 11.3 Å². The van der Waals surface area contributed by atoms with Gasteiger partial charge < -0.3 is 9.13 Å². The Kier molecular flexibility index (Phi) is 4.68. The number of hydrogen-bond acceptors (Lipinski definition) is 1.